The molecule has 0 rings (SSSR count). The van der Waals surface area contributed by atoms with Crippen LogP contribution in [0.4, 0.5) is 13.2 Å². The lowest BCUT2D eigenvalue weighted by molar-refractivity contribution is 0.00180. The predicted molar refractivity (Wildman–Crippen MR) is 26.0 cm³/mol. The van der Waals surface area contributed by atoms with E-state index in [-0.39, 0.29) is 0 Å². The highest BCUT2D eigenvalue weighted by atomic mass is 35.5. The van der Waals surface area contributed by atoms with Crippen molar-refractivity contribution in [3.63, 3.8) is 0 Å². The van der Waals surface area contributed by atoms with Crippen LogP contribution in [0.1, 0.15) is 13.3 Å². The van der Waals surface area contributed by atoms with Crippen molar-refractivity contribution in [3.8, 4) is 0 Å². The molecule has 0 aliphatic carbocycles. The smallest absolute Gasteiger partial charge is 0.230 e. The van der Waals surface area contributed by atoms with Gasteiger partial charge in [-0.25, -0.2) is 13.2 Å². The third-order valence-corrected chi connectivity index (χ3v) is 0.667. The Morgan fingerprint density at radius 3 is 2.00 bits per heavy atom. The van der Waals surface area contributed by atoms with Gasteiger partial charge in [0.2, 0.25) is 5.92 Å². The first-order chi connectivity index (χ1) is 3.42. The third kappa shape index (κ3) is 6.08. The molecule has 0 aromatic carbocycles. The van der Waals surface area contributed by atoms with Crippen molar-refractivity contribution in [1.29, 1.82) is 0 Å². The first-order valence-corrected chi connectivity index (χ1v) is 2.51. The van der Waals surface area contributed by atoms with E-state index in [0.29, 0.717) is 6.92 Å². The molecule has 0 aliphatic heterocycles. The molecule has 0 radical (unpaired) electrons. The highest BCUT2D eigenvalue weighted by Gasteiger charge is 2.24. The molecular formula is C4H6ClF3. The van der Waals surface area contributed by atoms with Crippen LogP contribution in [0, 0.1) is 0 Å². The summed E-state index contributed by atoms with van der Waals surface area (Å²) in [5.74, 6) is -2.98. The van der Waals surface area contributed by atoms with Gasteiger partial charge in [-0.3, -0.25) is 0 Å². The maximum Gasteiger partial charge on any atom is 0.249 e. The molecule has 0 fully saturated rings. The van der Waals surface area contributed by atoms with Crippen LogP contribution in [0.15, 0.2) is 0 Å². The maximum atomic E-state index is 11.6. The van der Waals surface area contributed by atoms with Crippen molar-refractivity contribution in [1.82, 2.24) is 0 Å². The van der Waals surface area contributed by atoms with Gasteiger partial charge in [-0.1, -0.05) is 11.6 Å². The van der Waals surface area contributed by atoms with Crippen LogP contribution >= 0.6 is 11.6 Å². The van der Waals surface area contributed by atoms with Crippen molar-refractivity contribution in [3.05, 3.63) is 0 Å². The van der Waals surface area contributed by atoms with Crippen molar-refractivity contribution in [2.75, 3.05) is 0 Å². The van der Waals surface area contributed by atoms with Gasteiger partial charge in [0.1, 0.15) is 0 Å². The molecule has 4 heteroatoms. The van der Waals surface area contributed by atoms with Gasteiger partial charge in [0, 0.05) is 0 Å². The molecule has 0 aliphatic rings. The summed E-state index contributed by atoms with van der Waals surface area (Å²) in [6.07, 6.45) is -0.908. The summed E-state index contributed by atoms with van der Waals surface area (Å²) in [7, 11) is 0. The van der Waals surface area contributed by atoms with Gasteiger partial charge in [0.25, 0.3) is 0 Å². The molecule has 0 heterocycles. The summed E-state index contributed by atoms with van der Waals surface area (Å²) < 4.78 is 34.8. The molecule has 0 bridgehead atoms. The third-order valence-electron chi connectivity index (χ3n) is 0.513. The minimum absolute atomic E-state index is 0.627. The van der Waals surface area contributed by atoms with Crippen molar-refractivity contribution in [2.24, 2.45) is 0 Å². The Hall–Kier alpha value is 0.0800. The minimum Gasteiger partial charge on any atom is -0.230 e. The zero-order valence-electron chi connectivity index (χ0n) is 4.30. The first kappa shape index (κ1) is 8.08. The number of halogens is 4. The van der Waals surface area contributed by atoms with E-state index < -0.39 is 18.0 Å². The van der Waals surface area contributed by atoms with Crippen LogP contribution in [-0.4, -0.2) is 11.6 Å². The fourth-order valence-electron chi connectivity index (χ4n) is 0.271. The lowest BCUT2D eigenvalue weighted by Crippen LogP contribution is -2.13. The molecule has 0 saturated carbocycles. The van der Waals surface area contributed by atoms with Crippen LogP contribution in [0.25, 0.3) is 0 Å². The highest BCUT2D eigenvalue weighted by Crippen LogP contribution is 2.21. The van der Waals surface area contributed by atoms with Crippen LogP contribution < -0.4 is 0 Å². The molecule has 0 spiro atoms. The molecule has 0 aromatic heterocycles. The number of hydrogen-bond acceptors (Lipinski definition) is 0. The summed E-state index contributed by atoms with van der Waals surface area (Å²) in [5.41, 5.74) is -1.94. The normalized spacial score (nSPS) is 16.1. The Balaban J connectivity index is 3.39. The topological polar surface area (TPSA) is 0 Å². The van der Waals surface area contributed by atoms with E-state index in [4.69, 9.17) is 0 Å². The molecule has 0 amide bonds. The molecule has 0 N–H and O–H groups in total. The molecule has 0 saturated heterocycles. The molecule has 8 heavy (non-hydrogen) atoms. The Morgan fingerprint density at radius 2 is 2.00 bits per heavy atom. The van der Waals surface area contributed by atoms with Crippen LogP contribution in [0.5, 0.6) is 0 Å². The average molecular weight is 147 g/mol. The Bertz CT molecular complexity index is 66.2. The standard InChI is InChI=1S/C4H6ClF3/c1-4(7,8)2-3(5)6/h3H,2H2,1H3. The monoisotopic (exact) mass is 146 g/mol. The van der Waals surface area contributed by atoms with Crippen molar-refractivity contribution >= 4 is 11.6 Å². The van der Waals surface area contributed by atoms with E-state index >= 15 is 0 Å². The second-order valence-corrected chi connectivity index (χ2v) is 2.14. The molecule has 0 aromatic rings. The van der Waals surface area contributed by atoms with Gasteiger partial charge in [-0.05, 0) is 6.92 Å². The zero-order chi connectivity index (χ0) is 6.78. The lowest BCUT2D eigenvalue weighted by atomic mass is 10.3. The Morgan fingerprint density at radius 1 is 1.62 bits per heavy atom. The summed E-state index contributed by atoms with van der Waals surface area (Å²) in [6.45, 7) is 0.627. The minimum atomic E-state index is -2.98. The van der Waals surface area contributed by atoms with E-state index in [1.54, 1.807) is 0 Å². The first-order valence-electron chi connectivity index (χ1n) is 2.08. The summed E-state index contributed by atoms with van der Waals surface area (Å²) in [6, 6.07) is 0. The van der Waals surface area contributed by atoms with Gasteiger partial charge in [0.15, 0.2) is 5.63 Å². The fourth-order valence-corrected chi connectivity index (χ4v) is 0.542. The van der Waals surface area contributed by atoms with E-state index in [1.165, 1.54) is 0 Å². The van der Waals surface area contributed by atoms with Crippen molar-refractivity contribution < 1.29 is 13.2 Å². The number of alkyl halides is 4. The largest absolute Gasteiger partial charge is 0.249 e. The Kier molecular flexibility index (Phi) is 2.60. The zero-order valence-corrected chi connectivity index (χ0v) is 5.05. The van der Waals surface area contributed by atoms with E-state index in [0.717, 1.165) is 0 Å². The quantitative estimate of drug-likeness (QED) is 0.526. The Labute approximate surface area is 50.6 Å². The van der Waals surface area contributed by atoms with Crippen molar-refractivity contribution in [2.45, 2.75) is 24.9 Å². The molecule has 1 unspecified atom stereocenters. The van der Waals surface area contributed by atoms with Crippen LogP contribution in [-0.2, 0) is 0 Å². The van der Waals surface area contributed by atoms with Gasteiger partial charge in [0.05, 0.1) is 6.42 Å². The van der Waals surface area contributed by atoms with Crippen LogP contribution in [0.2, 0.25) is 0 Å². The number of rotatable bonds is 2. The van der Waals surface area contributed by atoms with Gasteiger partial charge in [-0.15, -0.1) is 0 Å². The molecule has 50 valence electrons. The number of hydrogen-bond donors (Lipinski definition) is 0. The highest BCUT2D eigenvalue weighted by molar-refractivity contribution is 6.19. The average Bonchev–Trinajstić information content (AvgIpc) is 1.21. The fraction of sp³-hybridized carbons (Fsp3) is 1.00. The molecular weight excluding hydrogens is 140 g/mol. The summed E-state index contributed by atoms with van der Waals surface area (Å²) in [5, 5.41) is 0. The van der Waals surface area contributed by atoms with E-state index in [9.17, 15) is 13.2 Å². The van der Waals surface area contributed by atoms with Gasteiger partial charge < -0.3 is 0 Å². The predicted octanol–water partition coefficient (Wildman–Crippen LogP) is 2.57. The lowest BCUT2D eigenvalue weighted by Gasteiger charge is -2.07. The van der Waals surface area contributed by atoms with E-state index in [1.807, 2.05) is 0 Å². The SMILES string of the molecule is CC(F)(F)CC(F)Cl. The van der Waals surface area contributed by atoms with Crippen LogP contribution in [0.3, 0.4) is 0 Å². The molecule has 0 nitrogen and oxygen atoms in total. The second-order valence-electron chi connectivity index (χ2n) is 1.67. The maximum absolute atomic E-state index is 11.6. The summed E-state index contributed by atoms with van der Waals surface area (Å²) >= 11 is 4.62. The van der Waals surface area contributed by atoms with E-state index in [2.05, 4.69) is 11.6 Å². The summed E-state index contributed by atoms with van der Waals surface area (Å²) in [4.78, 5) is 0. The van der Waals surface area contributed by atoms with Gasteiger partial charge >= 0.3 is 0 Å². The second kappa shape index (κ2) is 2.58. The van der Waals surface area contributed by atoms with Gasteiger partial charge in [-0.2, -0.15) is 0 Å². The molecule has 1 atom stereocenters.